The molecule has 0 aromatic rings. The second kappa shape index (κ2) is 4.36. The molecule has 0 saturated carbocycles. The van der Waals surface area contributed by atoms with Crippen LogP contribution in [0.1, 0.15) is 34.1 Å². The van der Waals surface area contributed by atoms with Crippen molar-refractivity contribution in [2.24, 2.45) is 0 Å². The number of rotatable bonds is 4. The van der Waals surface area contributed by atoms with Crippen LogP contribution >= 0.6 is 10.0 Å². The highest BCUT2D eigenvalue weighted by atomic mass is 32.3. The fourth-order valence-corrected chi connectivity index (χ4v) is 3.89. The van der Waals surface area contributed by atoms with Gasteiger partial charge in [-0.05, 0) is 31.1 Å². The molecule has 0 nitrogen and oxygen atoms in total. The normalized spacial score (nSPS) is 18.5. The van der Waals surface area contributed by atoms with Gasteiger partial charge in [0.1, 0.15) is 0 Å². The van der Waals surface area contributed by atoms with Gasteiger partial charge in [0.25, 0.3) is 0 Å². The van der Waals surface area contributed by atoms with Crippen LogP contribution in [-0.2, 0) is 0 Å². The van der Waals surface area contributed by atoms with E-state index in [1.807, 2.05) is 0 Å². The third kappa shape index (κ3) is 2.55. The Morgan fingerprint density at radius 1 is 1.33 bits per heavy atom. The molecule has 0 aromatic heterocycles. The van der Waals surface area contributed by atoms with Gasteiger partial charge in [-0.15, -0.1) is 0 Å². The molecule has 0 aliphatic heterocycles. The molecule has 0 spiro atoms. The molecule has 1 heteroatoms. The van der Waals surface area contributed by atoms with E-state index in [1.54, 1.807) is 0 Å². The molecule has 2 atom stereocenters. The van der Waals surface area contributed by atoms with E-state index in [0.29, 0.717) is 5.25 Å². The van der Waals surface area contributed by atoms with E-state index in [0.717, 1.165) is 5.25 Å². The standard InChI is InChI=1S/C11H24S/c1-8-10(4)12(6,7)11(5)9(2)3/h10-11H,2,8H2,1,3-7H3. The third-order valence-electron chi connectivity index (χ3n) is 3.22. The van der Waals surface area contributed by atoms with Crippen LogP contribution in [-0.4, -0.2) is 23.0 Å². The molecule has 0 radical (unpaired) electrons. The molecule has 0 amide bonds. The van der Waals surface area contributed by atoms with Gasteiger partial charge in [-0.1, -0.05) is 32.9 Å². The zero-order chi connectivity index (χ0) is 9.94. The first kappa shape index (κ1) is 12.1. The highest BCUT2D eigenvalue weighted by Crippen LogP contribution is 2.52. The summed E-state index contributed by atoms with van der Waals surface area (Å²) in [7, 11) is -0.488. The minimum atomic E-state index is -0.488. The first-order valence-corrected chi connectivity index (χ1v) is 7.28. The number of hydrogen-bond donors (Lipinski definition) is 0. The largest absolute Gasteiger partial charge is 0.238 e. The molecule has 74 valence electrons. The summed E-state index contributed by atoms with van der Waals surface area (Å²) in [5.41, 5.74) is 1.34. The minimum Gasteiger partial charge on any atom is -0.238 e. The average Bonchev–Trinajstić information content (AvgIpc) is 2.01. The highest BCUT2D eigenvalue weighted by Gasteiger charge is 2.25. The Labute approximate surface area is 79.8 Å². The third-order valence-corrected chi connectivity index (χ3v) is 7.85. The van der Waals surface area contributed by atoms with Crippen molar-refractivity contribution in [3.05, 3.63) is 12.2 Å². The Morgan fingerprint density at radius 2 is 1.75 bits per heavy atom. The molecule has 0 aromatic carbocycles. The molecule has 0 fully saturated rings. The Morgan fingerprint density at radius 3 is 2.00 bits per heavy atom. The smallest absolute Gasteiger partial charge is 0.00622 e. The van der Waals surface area contributed by atoms with Gasteiger partial charge in [0, 0.05) is 5.25 Å². The van der Waals surface area contributed by atoms with E-state index >= 15 is 0 Å². The molecule has 0 rings (SSSR count). The summed E-state index contributed by atoms with van der Waals surface area (Å²) in [6.07, 6.45) is 6.15. The molecular formula is C11H24S. The van der Waals surface area contributed by atoms with Crippen molar-refractivity contribution >= 4 is 10.0 Å². The maximum Gasteiger partial charge on any atom is 0.00622 e. The Hall–Kier alpha value is 0.0900. The molecule has 0 aliphatic rings. The van der Waals surface area contributed by atoms with Gasteiger partial charge in [-0.3, -0.25) is 0 Å². The topological polar surface area (TPSA) is 0 Å². The van der Waals surface area contributed by atoms with Crippen LogP contribution in [0, 0.1) is 0 Å². The van der Waals surface area contributed by atoms with Gasteiger partial charge >= 0.3 is 0 Å². The zero-order valence-electron chi connectivity index (χ0n) is 9.48. The minimum absolute atomic E-state index is 0.488. The van der Waals surface area contributed by atoms with Crippen molar-refractivity contribution in [1.29, 1.82) is 0 Å². The van der Waals surface area contributed by atoms with Crippen LogP contribution < -0.4 is 0 Å². The maximum atomic E-state index is 4.06. The fourth-order valence-electron chi connectivity index (χ4n) is 1.30. The summed E-state index contributed by atoms with van der Waals surface area (Å²) in [4.78, 5) is 0. The lowest BCUT2D eigenvalue weighted by Gasteiger charge is -2.43. The molecule has 0 N–H and O–H groups in total. The lowest BCUT2D eigenvalue weighted by atomic mass is 10.3. The van der Waals surface area contributed by atoms with Gasteiger partial charge in [0.15, 0.2) is 0 Å². The van der Waals surface area contributed by atoms with Gasteiger partial charge in [-0.2, -0.15) is 0 Å². The van der Waals surface area contributed by atoms with Crippen LogP contribution in [0.4, 0.5) is 0 Å². The number of hydrogen-bond acceptors (Lipinski definition) is 0. The molecule has 0 saturated heterocycles. The molecule has 12 heavy (non-hydrogen) atoms. The van der Waals surface area contributed by atoms with E-state index in [1.165, 1.54) is 12.0 Å². The van der Waals surface area contributed by atoms with Gasteiger partial charge in [-0.25, -0.2) is 10.0 Å². The second-order valence-electron chi connectivity index (χ2n) is 4.19. The van der Waals surface area contributed by atoms with Crippen molar-refractivity contribution in [1.82, 2.24) is 0 Å². The average molecular weight is 188 g/mol. The van der Waals surface area contributed by atoms with Crippen LogP contribution in [0.3, 0.4) is 0 Å². The van der Waals surface area contributed by atoms with Crippen molar-refractivity contribution < 1.29 is 0 Å². The predicted molar refractivity (Wildman–Crippen MR) is 63.5 cm³/mol. The lowest BCUT2D eigenvalue weighted by molar-refractivity contribution is 0.882. The first-order chi connectivity index (χ1) is 5.34. The summed E-state index contributed by atoms with van der Waals surface area (Å²) >= 11 is 0. The zero-order valence-corrected chi connectivity index (χ0v) is 10.3. The van der Waals surface area contributed by atoms with E-state index in [4.69, 9.17) is 0 Å². The molecule has 0 aliphatic carbocycles. The fraction of sp³-hybridized carbons (Fsp3) is 0.818. The first-order valence-electron chi connectivity index (χ1n) is 4.70. The van der Waals surface area contributed by atoms with Crippen molar-refractivity contribution in [2.45, 2.75) is 44.6 Å². The maximum absolute atomic E-state index is 4.06. The molecule has 0 heterocycles. The van der Waals surface area contributed by atoms with Crippen molar-refractivity contribution in [2.75, 3.05) is 12.5 Å². The summed E-state index contributed by atoms with van der Waals surface area (Å²) in [6, 6.07) is 0. The van der Waals surface area contributed by atoms with Gasteiger partial charge in [0.05, 0.1) is 0 Å². The monoisotopic (exact) mass is 188 g/mol. The summed E-state index contributed by atoms with van der Waals surface area (Å²) in [6.45, 7) is 13.2. The van der Waals surface area contributed by atoms with Crippen LogP contribution in [0.5, 0.6) is 0 Å². The van der Waals surface area contributed by atoms with Gasteiger partial charge < -0.3 is 0 Å². The summed E-state index contributed by atoms with van der Waals surface area (Å²) < 4.78 is 0. The molecule has 0 bridgehead atoms. The predicted octanol–water partition coefficient (Wildman–Crippen LogP) is 3.81. The van der Waals surface area contributed by atoms with Crippen molar-refractivity contribution in [3.63, 3.8) is 0 Å². The van der Waals surface area contributed by atoms with E-state index < -0.39 is 10.0 Å². The second-order valence-corrected chi connectivity index (χ2v) is 8.68. The highest BCUT2D eigenvalue weighted by molar-refractivity contribution is 8.33. The summed E-state index contributed by atoms with van der Waals surface area (Å²) in [5, 5.41) is 1.55. The Kier molecular flexibility index (Phi) is 4.39. The molecule has 2 unspecified atom stereocenters. The summed E-state index contributed by atoms with van der Waals surface area (Å²) in [5.74, 6) is 0. The van der Waals surface area contributed by atoms with Crippen LogP contribution in [0.2, 0.25) is 0 Å². The molecular weight excluding hydrogens is 164 g/mol. The van der Waals surface area contributed by atoms with Crippen LogP contribution in [0.15, 0.2) is 12.2 Å². The quantitative estimate of drug-likeness (QED) is 0.588. The Balaban J connectivity index is 4.48. The van der Waals surface area contributed by atoms with E-state index in [-0.39, 0.29) is 0 Å². The lowest BCUT2D eigenvalue weighted by Crippen LogP contribution is -2.23. The van der Waals surface area contributed by atoms with E-state index in [9.17, 15) is 0 Å². The SMILES string of the molecule is C=C(C)C(C)S(C)(C)C(C)CC. The van der Waals surface area contributed by atoms with Crippen molar-refractivity contribution in [3.8, 4) is 0 Å². The van der Waals surface area contributed by atoms with E-state index in [2.05, 4.69) is 46.8 Å². The van der Waals surface area contributed by atoms with Crippen LogP contribution in [0.25, 0.3) is 0 Å². The Bertz CT molecular complexity index is 158. The van der Waals surface area contributed by atoms with Gasteiger partial charge in [0.2, 0.25) is 0 Å².